The average Bonchev–Trinajstić information content (AvgIpc) is 3.48. The minimum atomic E-state index is -0.684. The smallest absolute Gasteiger partial charge is 0.338 e. The minimum absolute atomic E-state index is 0.0410. The van der Waals surface area contributed by atoms with Crippen LogP contribution in [0.15, 0.2) is 42.5 Å². The van der Waals surface area contributed by atoms with E-state index in [2.05, 4.69) is 64.7 Å². The highest BCUT2D eigenvalue weighted by atomic mass is 16.6. The number of benzene rings is 1. The van der Waals surface area contributed by atoms with Gasteiger partial charge in [-0.15, -0.1) is 0 Å². The molecule has 0 amide bonds. The summed E-state index contributed by atoms with van der Waals surface area (Å²) in [6.07, 6.45) is 11.7. The maximum Gasteiger partial charge on any atom is 0.338 e. The van der Waals surface area contributed by atoms with Crippen molar-refractivity contribution in [1.29, 1.82) is 0 Å². The molecule has 0 heterocycles. The van der Waals surface area contributed by atoms with Gasteiger partial charge in [0.05, 0.1) is 24.0 Å². The summed E-state index contributed by atoms with van der Waals surface area (Å²) in [6.45, 7) is 26.2. The number of aliphatic carboxylic acids is 1. The molecule has 0 radical (unpaired) electrons. The average molecular weight is 730 g/mol. The van der Waals surface area contributed by atoms with Gasteiger partial charge in [-0.05, 0) is 160 Å². The van der Waals surface area contributed by atoms with E-state index in [4.69, 9.17) is 9.47 Å². The molecule has 5 aliphatic carbocycles. The molecule has 0 aliphatic heterocycles. The van der Waals surface area contributed by atoms with Gasteiger partial charge in [0.1, 0.15) is 5.60 Å². The molecule has 0 bridgehead atoms. The van der Waals surface area contributed by atoms with Crippen LogP contribution in [-0.2, 0) is 19.1 Å². The summed E-state index contributed by atoms with van der Waals surface area (Å²) in [6, 6.07) is 8.04. The van der Waals surface area contributed by atoms with Crippen LogP contribution in [0, 0.1) is 56.7 Å². The highest BCUT2D eigenvalue weighted by Gasteiger charge is 2.71. The molecule has 4 fully saturated rings. The van der Waals surface area contributed by atoms with Crippen molar-refractivity contribution < 1.29 is 29.0 Å². The number of carbonyl (C=O) groups excluding carboxylic acids is 2. The number of hydrogen-bond acceptors (Lipinski definition) is 6. The Bertz CT molecular complexity index is 1640. The van der Waals surface area contributed by atoms with Crippen LogP contribution in [0.5, 0.6) is 0 Å². The van der Waals surface area contributed by atoms with Gasteiger partial charge in [0.2, 0.25) is 0 Å². The van der Waals surface area contributed by atoms with E-state index < -0.39 is 17.0 Å². The number of carboxylic acids is 1. The van der Waals surface area contributed by atoms with Gasteiger partial charge in [-0.1, -0.05) is 65.0 Å². The lowest BCUT2D eigenvalue weighted by atomic mass is 9.32. The molecule has 7 nitrogen and oxygen atoms in total. The summed E-state index contributed by atoms with van der Waals surface area (Å²) in [5, 5.41) is 14.4. The van der Waals surface area contributed by atoms with Gasteiger partial charge < -0.3 is 19.9 Å². The van der Waals surface area contributed by atoms with Crippen LogP contribution < -0.4 is 5.32 Å². The first kappa shape index (κ1) is 39.8. The van der Waals surface area contributed by atoms with Gasteiger partial charge in [0.25, 0.3) is 0 Å². The summed E-state index contributed by atoms with van der Waals surface area (Å²) in [4.78, 5) is 38.0. The van der Waals surface area contributed by atoms with Gasteiger partial charge in [-0.2, -0.15) is 0 Å². The van der Waals surface area contributed by atoms with E-state index in [1.165, 1.54) is 11.1 Å². The molecule has 1 aromatic carbocycles. The van der Waals surface area contributed by atoms with Crippen molar-refractivity contribution in [3.8, 4) is 0 Å². The van der Waals surface area contributed by atoms with E-state index in [9.17, 15) is 19.5 Å². The van der Waals surface area contributed by atoms with E-state index >= 15 is 0 Å². The maximum absolute atomic E-state index is 13.3. The molecule has 9 atom stereocenters. The van der Waals surface area contributed by atoms with Crippen molar-refractivity contribution in [2.24, 2.45) is 56.7 Å². The first-order valence-corrected chi connectivity index (χ1v) is 20.6. The zero-order chi connectivity index (χ0) is 38.8. The molecular formula is C46H67NO6. The molecule has 0 aromatic heterocycles. The Balaban J connectivity index is 1.25. The lowest BCUT2D eigenvalue weighted by molar-refractivity contribution is -0.228. The number of ether oxygens (including phenoxy) is 2. The topological polar surface area (TPSA) is 102 Å². The molecule has 0 saturated heterocycles. The van der Waals surface area contributed by atoms with Gasteiger partial charge in [0.15, 0.2) is 0 Å². The molecule has 1 aromatic rings. The summed E-state index contributed by atoms with van der Waals surface area (Å²) < 4.78 is 10.7. The molecule has 5 aliphatic rings. The predicted molar refractivity (Wildman–Crippen MR) is 210 cm³/mol. The molecular weight excluding hydrogens is 663 g/mol. The Hall–Kier alpha value is -2.93. The van der Waals surface area contributed by atoms with E-state index in [0.29, 0.717) is 49.4 Å². The number of carbonyl (C=O) groups is 3. The van der Waals surface area contributed by atoms with Crippen molar-refractivity contribution in [3.63, 3.8) is 0 Å². The largest absolute Gasteiger partial charge is 0.481 e. The van der Waals surface area contributed by atoms with E-state index in [1.54, 1.807) is 0 Å². The van der Waals surface area contributed by atoms with E-state index in [-0.39, 0.29) is 45.4 Å². The standard InChI is InChI=1S/C46H67NO6/c1-11-52-37(48)21-27-47-28-29(2)32-18-24-46(40(50)51)26-25-44(9)34(38(32)46)16-17-36-43(8)22-19-33(42(6,7)35(43)20-23-45(36,44)10)30-12-14-31(15-13-30)39(49)53-41(3,4)5/h12-15,19,32,34-36,38,47H,2,11,16-18,20-28H2,1,3-10H3,(H,50,51). The number of carboxylic acid groups (broad SMARTS) is 1. The van der Waals surface area contributed by atoms with Gasteiger partial charge in [-0.3, -0.25) is 9.59 Å². The van der Waals surface area contributed by atoms with E-state index in [1.807, 2.05) is 39.8 Å². The van der Waals surface area contributed by atoms with Gasteiger partial charge in [-0.25, -0.2) is 4.79 Å². The Labute approximate surface area is 319 Å². The minimum Gasteiger partial charge on any atom is -0.481 e. The molecule has 9 unspecified atom stereocenters. The first-order valence-electron chi connectivity index (χ1n) is 20.6. The third-order valence-electron chi connectivity index (χ3n) is 16.0. The van der Waals surface area contributed by atoms with Crippen molar-refractivity contribution >= 4 is 23.5 Å². The third-order valence-corrected chi connectivity index (χ3v) is 16.0. The Morgan fingerprint density at radius 1 is 0.906 bits per heavy atom. The summed E-state index contributed by atoms with van der Waals surface area (Å²) in [5.74, 6) is 0.552. The fourth-order valence-electron chi connectivity index (χ4n) is 13.4. The number of rotatable bonds is 10. The number of fused-ring (bicyclic) bond motifs is 7. The van der Waals surface area contributed by atoms with E-state index in [0.717, 1.165) is 63.4 Å². The Morgan fingerprint density at radius 3 is 2.25 bits per heavy atom. The molecule has 7 heteroatoms. The first-order chi connectivity index (χ1) is 24.7. The van der Waals surface area contributed by atoms with Crippen LogP contribution in [0.4, 0.5) is 0 Å². The highest BCUT2D eigenvalue weighted by molar-refractivity contribution is 5.90. The quantitative estimate of drug-likeness (QED) is 0.140. The molecule has 0 spiro atoms. The molecule has 292 valence electrons. The number of allylic oxidation sites excluding steroid dienone is 2. The molecule has 2 N–H and O–H groups in total. The second-order valence-corrected chi connectivity index (χ2v) is 19.8. The van der Waals surface area contributed by atoms with Crippen LogP contribution in [0.2, 0.25) is 0 Å². The second-order valence-electron chi connectivity index (χ2n) is 19.8. The second kappa shape index (κ2) is 14.0. The van der Waals surface area contributed by atoms with Crippen LogP contribution >= 0.6 is 0 Å². The van der Waals surface area contributed by atoms with Crippen LogP contribution in [0.25, 0.3) is 5.57 Å². The highest BCUT2D eigenvalue weighted by Crippen LogP contribution is 2.77. The van der Waals surface area contributed by atoms with Crippen LogP contribution in [-0.4, -0.2) is 48.3 Å². The number of nitrogens with one attached hydrogen (secondary N) is 1. The zero-order valence-electron chi connectivity index (χ0n) is 34.2. The van der Waals surface area contributed by atoms with Gasteiger partial charge in [0, 0.05) is 13.1 Å². The van der Waals surface area contributed by atoms with Crippen molar-refractivity contribution in [3.05, 3.63) is 53.6 Å². The SMILES string of the molecule is C=C(CNCCC(=O)OCC)C1CCC2(C(=O)O)CCC3(C)C(CCC4C5(C)CC=C(c6ccc(C(=O)OC(C)(C)C)cc6)C(C)(C)C5CCC43C)C12. The zero-order valence-corrected chi connectivity index (χ0v) is 34.2. The van der Waals surface area contributed by atoms with Crippen molar-refractivity contribution in [1.82, 2.24) is 5.32 Å². The number of esters is 2. The Morgan fingerprint density at radius 2 is 1.60 bits per heavy atom. The maximum atomic E-state index is 13.3. The number of hydrogen-bond donors (Lipinski definition) is 2. The van der Waals surface area contributed by atoms with Crippen molar-refractivity contribution in [2.75, 3.05) is 19.7 Å². The van der Waals surface area contributed by atoms with Crippen LogP contribution in [0.1, 0.15) is 142 Å². The van der Waals surface area contributed by atoms with Crippen molar-refractivity contribution in [2.45, 2.75) is 132 Å². The predicted octanol–water partition coefficient (Wildman–Crippen LogP) is 9.90. The fraction of sp³-hybridized carbons (Fsp3) is 0.717. The fourth-order valence-corrected chi connectivity index (χ4v) is 13.4. The van der Waals surface area contributed by atoms with Crippen LogP contribution in [0.3, 0.4) is 0 Å². The molecule has 4 saturated carbocycles. The third kappa shape index (κ3) is 6.53. The lowest BCUT2D eigenvalue weighted by Crippen LogP contribution is -2.66. The monoisotopic (exact) mass is 729 g/mol. The normalized spacial score (nSPS) is 37.2. The summed E-state index contributed by atoms with van der Waals surface area (Å²) in [7, 11) is 0. The molecule has 53 heavy (non-hydrogen) atoms. The Kier molecular flexibility index (Phi) is 10.5. The van der Waals surface area contributed by atoms with Gasteiger partial charge >= 0.3 is 17.9 Å². The lowest BCUT2D eigenvalue weighted by Gasteiger charge is -2.72. The molecule has 6 rings (SSSR count). The summed E-state index contributed by atoms with van der Waals surface area (Å²) in [5.41, 5.74) is 3.27. The summed E-state index contributed by atoms with van der Waals surface area (Å²) >= 11 is 0.